The maximum Gasteiger partial charge on any atom is 0.234 e. The van der Waals surface area contributed by atoms with E-state index in [4.69, 9.17) is 0 Å². The van der Waals surface area contributed by atoms with Crippen LogP contribution >= 0.6 is 27.7 Å². The van der Waals surface area contributed by atoms with Gasteiger partial charge in [-0.2, -0.15) is 0 Å². The fourth-order valence-electron chi connectivity index (χ4n) is 3.46. The van der Waals surface area contributed by atoms with Crippen LogP contribution in [0.3, 0.4) is 0 Å². The predicted octanol–water partition coefficient (Wildman–Crippen LogP) is 5.21. The Morgan fingerprint density at radius 3 is 2.27 bits per heavy atom. The Morgan fingerprint density at radius 2 is 1.64 bits per heavy atom. The van der Waals surface area contributed by atoms with Crippen molar-refractivity contribution in [2.24, 2.45) is 0 Å². The molecule has 0 aliphatic rings. The van der Waals surface area contributed by atoms with E-state index >= 15 is 0 Å². The van der Waals surface area contributed by atoms with Crippen LogP contribution in [-0.2, 0) is 22.6 Å². The quantitative estimate of drug-likeness (QED) is 0.391. The second-order valence-corrected chi connectivity index (χ2v) is 9.78. The highest BCUT2D eigenvalue weighted by atomic mass is 79.9. The standard InChI is InChI=1S/C24H28BrN5O2S/c1-6-30-20(12-21(31)26-19-8-7-14(2)15(3)11-19)28-29-24(30)33-13-22(32)27-23-16(4)9-18(25)10-17(23)5/h7-11H,6,12-13H2,1-5H3,(H,26,31)(H,27,32). The predicted molar refractivity (Wildman–Crippen MR) is 137 cm³/mol. The van der Waals surface area contributed by atoms with Crippen molar-refractivity contribution in [2.75, 3.05) is 16.4 Å². The first-order chi connectivity index (χ1) is 15.7. The van der Waals surface area contributed by atoms with Crippen molar-refractivity contribution >= 4 is 50.9 Å². The number of anilines is 2. The van der Waals surface area contributed by atoms with Gasteiger partial charge < -0.3 is 15.2 Å². The zero-order valence-corrected chi connectivity index (χ0v) is 21.9. The number of rotatable bonds is 8. The highest BCUT2D eigenvalue weighted by Gasteiger charge is 2.17. The molecule has 0 unspecified atom stereocenters. The van der Waals surface area contributed by atoms with Crippen molar-refractivity contribution in [2.45, 2.75) is 52.7 Å². The molecular weight excluding hydrogens is 502 g/mol. The van der Waals surface area contributed by atoms with E-state index in [1.165, 1.54) is 17.3 Å². The number of halogens is 1. The minimum Gasteiger partial charge on any atom is -0.326 e. The van der Waals surface area contributed by atoms with Gasteiger partial charge in [0.05, 0.1) is 12.2 Å². The third-order valence-corrected chi connectivity index (χ3v) is 6.74. The molecule has 2 aromatic carbocycles. The molecule has 0 aliphatic carbocycles. The van der Waals surface area contributed by atoms with E-state index in [0.717, 1.165) is 32.5 Å². The molecule has 0 saturated carbocycles. The highest BCUT2D eigenvalue weighted by Crippen LogP contribution is 2.26. The molecule has 3 rings (SSSR count). The molecule has 0 aliphatic heterocycles. The van der Waals surface area contributed by atoms with E-state index in [9.17, 15) is 9.59 Å². The molecule has 9 heteroatoms. The lowest BCUT2D eigenvalue weighted by Gasteiger charge is -2.12. The van der Waals surface area contributed by atoms with Crippen LogP contribution in [0.25, 0.3) is 0 Å². The van der Waals surface area contributed by atoms with Gasteiger partial charge in [-0.3, -0.25) is 9.59 Å². The Hall–Kier alpha value is -2.65. The van der Waals surface area contributed by atoms with Crippen molar-refractivity contribution in [1.29, 1.82) is 0 Å². The Bertz CT molecular complexity index is 1170. The van der Waals surface area contributed by atoms with Crippen molar-refractivity contribution in [3.63, 3.8) is 0 Å². The molecule has 1 heterocycles. The van der Waals surface area contributed by atoms with Crippen LogP contribution in [0.5, 0.6) is 0 Å². The third-order valence-electron chi connectivity index (χ3n) is 5.31. The zero-order valence-electron chi connectivity index (χ0n) is 19.5. The van der Waals surface area contributed by atoms with E-state index in [0.29, 0.717) is 17.5 Å². The fraction of sp³-hybridized carbons (Fsp3) is 0.333. The van der Waals surface area contributed by atoms with E-state index < -0.39 is 0 Å². The third kappa shape index (κ3) is 6.45. The first-order valence-electron chi connectivity index (χ1n) is 10.7. The molecule has 2 amide bonds. The molecule has 0 saturated heterocycles. The second kappa shape index (κ2) is 11.0. The Kier molecular flexibility index (Phi) is 8.31. The summed E-state index contributed by atoms with van der Waals surface area (Å²) in [5, 5.41) is 14.9. The molecule has 0 spiro atoms. The lowest BCUT2D eigenvalue weighted by atomic mass is 10.1. The van der Waals surface area contributed by atoms with Crippen molar-refractivity contribution < 1.29 is 9.59 Å². The molecule has 1 aromatic heterocycles. The topological polar surface area (TPSA) is 88.9 Å². The number of hydrogen-bond acceptors (Lipinski definition) is 5. The minimum absolute atomic E-state index is 0.109. The minimum atomic E-state index is -0.157. The Labute approximate surface area is 206 Å². The van der Waals surface area contributed by atoms with E-state index in [1.807, 2.05) is 69.5 Å². The number of nitrogens with one attached hydrogen (secondary N) is 2. The molecule has 3 aromatic rings. The van der Waals surface area contributed by atoms with Gasteiger partial charge in [0.2, 0.25) is 11.8 Å². The van der Waals surface area contributed by atoms with Gasteiger partial charge in [0.1, 0.15) is 5.82 Å². The van der Waals surface area contributed by atoms with E-state index in [1.54, 1.807) is 0 Å². The lowest BCUT2D eigenvalue weighted by Crippen LogP contribution is -2.18. The van der Waals surface area contributed by atoms with Gasteiger partial charge in [0.15, 0.2) is 5.16 Å². The normalized spacial score (nSPS) is 10.8. The van der Waals surface area contributed by atoms with Gasteiger partial charge in [-0.05, 0) is 81.1 Å². The van der Waals surface area contributed by atoms with E-state index in [2.05, 4.69) is 36.8 Å². The average molecular weight is 530 g/mol. The van der Waals surface area contributed by atoms with Gasteiger partial charge in [0, 0.05) is 22.4 Å². The summed E-state index contributed by atoms with van der Waals surface area (Å²) in [7, 11) is 0. The number of amides is 2. The summed E-state index contributed by atoms with van der Waals surface area (Å²) >= 11 is 4.78. The van der Waals surface area contributed by atoms with Crippen LogP contribution in [-0.4, -0.2) is 32.3 Å². The molecule has 174 valence electrons. The molecule has 0 fully saturated rings. The summed E-state index contributed by atoms with van der Waals surface area (Å²) in [5.74, 6) is 0.493. The molecule has 2 N–H and O–H groups in total. The van der Waals surface area contributed by atoms with Gasteiger partial charge >= 0.3 is 0 Å². The summed E-state index contributed by atoms with van der Waals surface area (Å²) < 4.78 is 2.85. The van der Waals surface area contributed by atoms with Gasteiger partial charge in [-0.1, -0.05) is 33.8 Å². The maximum absolute atomic E-state index is 12.5. The molecule has 7 nitrogen and oxygen atoms in total. The summed E-state index contributed by atoms with van der Waals surface area (Å²) in [4.78, 5) is 25.1. The van der Waals surface area contributed by atoms with Crippen LogP contribution in [0, 0.1) is 27.7 Å². The van der Waals surface area contributed by atoms with E-state index in [-0.39, 0.29) is 24.0 Å². The van der Waals surface area contributed by atoms with Crippen LogP contribution in [0.2, 0.25) is 0 Å². The summed E-state index contributed by atoms with van der Waals surface area (Å²) in [6.45, 7) is 10.5. The SMILES string of the molecule is CCn1c(CC(=O)Nc2ccc(C)c(C)c2)nnc1SCC(=O)Nc1c(C)cc(Br)cc1C. The number of carbonyl (C=O) groups excluding carboxylic acids is 2. The fourth-order valence-corrected chi connectivity index (χ4v) is 4.96. The van der Waals surface area contributed by atoms with Crippen LogP contribution in [0.1, 0.15) is 35.0 Å². The monoisotopic (exact) mass is 529 g/mol. The largest absolute Gasteiger partial charge is 0.326 e. The Morgan fingerprint density at radius 1 is 0.939 bits per heavy atom. The number of aryl methyl sites for hydroxylation is 4. The zero-order chi connectivity index (χ0) is 24.1. The number of thioether (sulfide) groups is 1. The molecule has 0 radical (unpaired) electrons. The highest BCUT2D eigenvalue weighted by molar-refractivity contribution is 9.10. The number of aromatic nitrogens is 3. The van der Waals surface area contributed by atoms with Crippen molar-refractivity contribution in [3.8, 4) is 0 Å². The average Bonchev–Trinajstić information content (AvgIpc) is 3.13. The van der Waals surface area contributed by atoms with Crippen LogP contribution < -0.4 is 10.6 Å². The molecule has 0 bridgehead atoms. The Balaban J connectivity index is 1.61. The van der Waals surface area contributed by atoms with Gasteiger partial charge in [-0.15, -0.1) is 10.2 Å². The summed E-state index contributed by atoms with van der Waals surface area (Å²) in [6, 6.07) is 9.76. The summed E-state index contributed by atoms with van der Waals surface area (Å²) in [5.41, 5.74) is 5.87. The maximum atomic E-state index is 12.5. The van der Waals surface area contributed by atoms with Crippen molar-refractivity contribution in [1.82, 2.24) is 14.8 Å². The number of hydrogen-bond donors (Lipinski definition) is 2. The molecular formula is C24H28BrN5O2S. The summed E-state index contributed by atoms with van der Waals surface area (Å²) in [6.07, 6.45) is 0.109. The van der Waals surface area contributed by atoms with Crippen molar-refractivity contribution in [3.05, 3.63) is 62.9 Å². The first-order valence-corrected chi connectivity index (χ1v) is 12.4. The number of benzene rings is 2. The molecule has 33 heavy (non-hydrogen) atoms. The van der Waals surface area contributed by atoms with Crippen LogP contribution in [0.4, 0.5) is 11.4 Å². The second-order valence-electron chi connectivity index (χ2n) is 7.92. The van der Waals surface area contributed by atoms with Gasteiger partial charge in [0.25, 0.3) is 0 Å². The molecule has 0 atom stereocenters. The van der Waals surface area contributed by atoms with Crippen LogP contribution in [0.15, 0.2) is 40.0 Å². The smallest absolute Gasteiger partial charge is 0.234 e. The number of nitrogens with zero attached hydrogens (tertiary/aromatic N) is 3. The first kappa shape index (κ1) is 25.0. The lowest BCUT2D eigenvalue weighted by molar-refractivity contribution is -0.116. The number of carbonyl (C=O) groups is 2. The van der Waals surface area contributed by atoms with Gasteiger partial charge in [-0.25, -0.2) is 0 Å².